The van der Waals surface area contributed by atoms with Crippen molar-refractivity contribution in [1.29, 1.82) is 0 Å². The number of anilines is 1. The molecule has 0 saturated heterocycles. The molecule has 0 unspecified atom stereocenters. The lowest BCUT2D eigenvalue weighted by Gasteiger charge is -2.10. The lowest BCUT2D eigenvalue weighted by atomic mass is 9.97. The van der Waals surface area contributed by atoms with E-state index in [1.165, 1.54) is 0 Å². The molecule has 5 nitrogen and oxygen atoms in total. The SMILES string of the molecule is CC(C)(C)c1nnc(NC(=O)CCCl)o1. The second-order valence-corrected chi connectivity index (χ2v) is 4.53. The Hall–Kier alpha value is -1.10. The molecule has 0 saturated carbocycles. The van der Waals surface area contributed by atoms with Gasteiger partial charge >= 0.3 is 6.01 Å². The van der Waals surface area contributed by atoms with Crippen molar-refractivity contribution in [1.82, 2.24) is 10.2 Å². The van der Waals surface area contributed by atoms with Crippen LogP contribution in [-0.2, 0) is 10.2 Å². The fraction of sp³-hybridized carbons (Fsp3) is 0.667. The van der Waals surface area contributed by atoms with Crippen molar-refractivity contribution in [2.75, 3.05) is 11.2 Å². The van der Waals surface area contributed by atoms with Crippen LogP contribution >= 0.6 is 11.6 Å². The number of rotatable bonds is 3. The predicted molar refractivity (Wildman–Crippen MR) is 57.0 cm³/mol. The number of hydrogen-bond acceptors (Lipinski definition) is 4. The highest BCUT2D eigenvalue weighted by Crippen LogP contribution is 2.21. The molecule has 15 heavy (non-hydrogen) atoms. The zero-order valence-corrected chi connectivity index (χ0v) is 9.76. The Morgan fingerprint density at radius 1 is 1.47 bits per heavy atom. The molecule has 84 valence electrons. The number of nitrogens with one attached hydrogen (secondary N) is 1. The number of hydrogen-bond donors (Lipinski definition) is 1. The molecular weight excluding hydrogens is 218 g/mol. The van der Waals surface area contributed by atoms with Gasteiger partial charge in [0.25, 0.3) is 0 Å². The van der Waals surface area contributed by atoms with Crippen LogP contribution in [0.1, 0.15) is 33.1 Å². The van der Waals surface area contributed by atoms with Gasteiger partial charge in [0.2, 0.25) is 11.8 Å². The highest BCUT2D eigenvalue weighted by Gasteiger charge is 2.21. The number of nitrogens with zero attached hydrogens (tertiary/aromatic N) is 2. The largest absolute Gasteiger partial charge is 0.407 e. The average molecular weight is 232 g/mol. The molecule has 0 bridgehead atoms. The molecule has 0 aromatic carbocycles. The normalized spacial score (nSPS) is 11.5. The summed E-state index contributed by atoms with van der Waals surface area (Å²) in [6.07, 6.45) is 0.231. The third-order valence-corrected chi connectivity index (χ3v) is 1.82. The van der Waals surface area contributed by atoms with Gasteiger partial charge in [-0.3, -0.25) is 10.1 Å². The van der Waals surface area contributed by atoms with Gasteiger partial charge in [0, 0.05) is 17.7 Å². The molecule has 1 aromatic rings. The Kier molecular flexibility index (Phi) is 3.68. The Balaban J connectivity index is 2.65. The minimum Gasteiger partial charge on any atom is -0.407 e. The molecule has 0 radical (unpaired) electrons. The molecule has 1 heterocycles. The monoisotopic (exact) mass is 231 g/mol. The van der Waals surface area contributed by atoms with Gasteiger partial charge in [0.05, 0.1) is 0 Å². The smallest absolute Gasteiger partial charge is 0.322 e. The first-order valence-corrected chi connectivity index (χ1v) is 5.16. The maximum absolute atomic E-state index is 11.1. The summed E-state index contributed by atoms with van der Waals surface area (Å²) in [7, 11) is 0. The molecule has 0 aliphatic carbocycles. The first kappa shape index (κ1) is 12.0. The Morgan fingerprint density at radius 3 is 2.60 bits per heavy atom. The maximum Gasteiger partial charge on any atom is 0.322 e. The first-order valence-electron chi connectivity index (χ1n) is 4.63. The van der Waals surface area contributed by atoms with Crippen molar-refractivity contribution in [3.8, 4) is 0 Å². The molecular formula is C9H14ClN3O2. The fourth-order valence-corrected chi connectivity index (χ4v) is 1.02. The van der Waals surface area contributed by atoms with Crippen molar-refractivity contribution >= 4 is 23.5 Å². The van der Waals surface area contributed by atoms with E-state index in [4.69, 9.17) is 16.0 Å². The van der Waals surface area contributed by atoms with Crippen LogP contribution in [0.4, 0.5) is 6.01 Å². The molecule has 0 fully saturated rings. The van der Waals surface area contributed by atoms with Crippen molar-refractivity contribution in [3.05, 3.63) is 5.89 Å². The Morgan fingerprint density at radius 2 is 2.13 bits per heavy atom. The lowest BCUT2D eigenvalue weighted by Crippen LogP contribution is -2.12. The van der Waals surface area contributed by atoms with Crippen LogP contribution < -0.4 is 5.32 Å². The summed E-state index contributed by atoms with van der Waals surface area (Å²) in [5.74, 6) is 0.532. The molecule has 0 spiro atoms. The van der Waals surface area contributed by atoms with Crippen LogP contribution in [0.5, 0.6) is 0 Å². The summed E-state index contributed by atoms with van der Waals surface area (Å²) in [6.45, 7) is 5.85. The summed E-state index contributed by atoms with van der Waals surface area (Å²) in [4.78, 5) is 11.1. The minimum absolute atomic E-state index is 0.120. The summed E-state index contributed by atoms with van der Waals surface area (Å²) in [5.41, 5.74) is -0.220. The molecule has 6 heteroatoms. The summed E-state index contributed by atoms with van der Waals surface area (Å²) >= 11 is 5.41. The van der Waals surface area contributed by atoms with E-state index in [1.807, 2.05) is 20.8 Å². The molecule has 1 aromatic heterocycles. The van der Waals surface area contributed by atoms with E-state index in [0.717, 1.165) is 0 Å². The van der Waals surface area contributed by atoms with Gasteiger partial charge in [-0.25, -0.2) is 0 Å². The predicted octanol–water partition coefficient (Wildman–Crippen LogP) is 1.93. The van der Waals surface area contributed by atoms with E-state index in [2.05, 4.69) is 15.5 Å². The second kappa shape index (κ2) is 4.61. The first-order chi connectivity index (χ1) is 6.93. The van der Waals surface area contributed by atoms with Gasteiger partial charge in [0.15, 0.2) is 0 Å². The van der Waals surface area contributed by atoms with Crippen LogP contribution in [0, 0.1) is 0 Å². The van der Waals surface area contributed by atoms with E-state index in [1.54, 1.807) is 0 Å². The fourth-order valence-electron chi connectivity index (χ4n) is 0.844. The van der Waals surface area contributed by atoms with E-state index in [0.29, 0.717) is 5.89 Å². The number of carbonyl (C=O) groups excluding carboxylic acids is 1. The van der Waals surface area contributed by atoms with Crippen molar-refractivity contribution < 1.29 is 9.21 Å². The minimum atomic E-state index is -0.228. The van der Waals surface area contributed by atoms with Crippen molar-refractivity contribution in [3.63, 3.8) is 0 Å². The van der Waals surface area contributed by atoms with Crippen LogP contribution in [0.25, 0.3) is 0 Å². The Labute approximate surface area is 93.2 Å². The van der Waals surface area contributed by atoms with Crippen molar-refractivity contribution in [2.45, 2.75) is 32.6 Å². The van der Waals surface area contributed by atoms with Crippen molar-refractivity contribution in [2.24, 2.45) is 0 Å². The number of alkyl halides is 1. The zero-order chi connectivity index (χ0) is 11.5. The number of halogens is 1. The van der Waals surface area contributed by atoms with Gasteiger partial charge in [-0.2, -0.15) is 0 Å². The van der Waals surface area contributed by atoms with Gasteiger partial charge < -0.3 is 4.42 Å². The molecule has 1 amide bonds. The van der Waals surface area contributed by atoms with Gasteiger partial charge in [-0.05, 0) is 0 Å². The highest BCUT2D eigenvalue weighted by molar-refractivity contribution is 6.19. The topological polar surface area (TPSA) is 68.0 Å². The molecule has 0 aliphatic rings. The highest BCUT2D eigenvalue weighted by atomic mass is 35.5. The second-order valence-electron chi connectivity index (χ2n) is 4.15. The number of carbonyl (C=O) groups is 1. The van der Waals surface area contributed by atoms with Gasteiger partial charge in [0.1, 0.15) is 0 Å². The van der Waals surface area contributed by atoms with Crippen LogP contribution in [0.3, 0.4) is 0 Å². The third-order valence-electron chi connectivity index (χ3n) is 1.63. The maximum atomic E-state index is 11.1. The molecule has 1 N–H and O–H groups in total. The number of aromatic nitrogens is 2. The molecule has 1 rings (SSSR count). The molecule has 0 atom stereocenters. The zero-order valence-electron chi connectivity index (χ0n) is 9.00. The standard InChI is InChI=1S/C9H14ClN3O2/c1-9(2,3)7-12-13-8(15-7)11-6(14)4-5-10/h4-5H2,1-3H3,(H,11,13,14). The Bertz CT molecular complexity index is 343. The van der Waals surface area contributed by atoms with Crippen LogP contribution in [0.2, 0.25) is 0 Å². The van der Waals surface area contributed by atoms with Crippen LogP contribution in [0.15, 0.2) is 4.42 Å². The van der Waals surface area contributed by atoms with E-state index >= 15 is 0 Å². The average Bonchev–Trinajstić information content (AvgIpc) is 2.52. The van der Waals surface area contributed by atoms with E-state index < -0.39 is 0 Å². The quantitative estimate of drug-likeness (QED) is 0.808. The number of amides is 1. The summed E-state index contributed by atoms with van der Waals surface area (Å²) in [6, 6.07) is 0.120. The van der Waals surface area contributed by atoms with Gasteiger partial charge in [-0.1, -0.05) is 25.9 Å². The van der Waals surface area contributed by atoms with Crippen LogP contribution in [-0.4, -0.2) is 22.0 Å². The van der Waals surface area contributed by atoms with Gasteiger partial charge in [-0.15, -0.1) is 16.7 Å². The molecule has 0 aliphatic heterocycles. The summed E-state index contributed by atoms with van der Waals surface area (Å²) in [5, 5.41) is 10.0. The van der Waals surface area contributed by atoms with E-state index in [-0.39, 0.29) is 29.6 Å². The lowest BCUT2D eigenvalue weighted by molar-refractivity contribution is -0.115. The third kappa shape index (κ3) is 3.51. The summed E-state index contributed by atoms with van der Waals surface area (Å²) < 4.78 is 5.27. The van der Waals surface area contributed by atoms with E-state index in [9.17, 15) is 4.79 Å².